The average molecular weight is 335 g/mol. The maximum absolute atomic E-state index is 5.69. The number of nitrogens with zero attached hydrogens (tertiary/aromatic N) is 4. The second-order valence-corrected chi connectivity index (χ2v) is 6.52. The van der Waals surface area contributed by atoms with Crippen molar-refractivity contribution >= 4 is 34.7 Å². The first kappa shape index (κ1) is 17.0. The summed E-state index contributed by atoms with van der Waals surface area (Å²) in [6.45, 7) is 7.17. The van der Waals surface area contributed by atoms with E-state index in [1.165, 1.54) is 0 Å². The number of hydrogen-bond donors (Lipinski definition) is 0. The fraction of sp³-hybridized carbons (Fsp3) is 0.438. The lowest BCUT2D eigenvalue weighted by Crippen LogP contribution is -2.34. The van der Waals surface area contributed by atoms with Crippen molar-refractivity contribution in [2.45, 2.75) is 20.8 Å². The molecule has 0 N–H and O–H groups in total. The van der Waals surface area contributed by atoms with Gasteiger partial charge < -0.3 is 4.90 Å². The Morgan fingerprint density at radius 1 is 1.50 bits per heavy atom. The van der Waals surface area contributed by atoms with Crippen LogP contribution in [-0.4, -0.2) is 38.3 Å². The summed E-state index contributed by atoms with van der Waals surface area (Å²) in [6, 6.07) is 3.91. The summed E-state index contributed by atoms with van der Waals surface area (Å²) < 4.78 is 1.86. The van der Waals surface area contributed by atoms with E-state index in [2.05, 4.69) is 35.1 Å². The van der Waals surface area contributed by atoms with E-state index in [0.717, 1.165) is 34.4 Å². The largest absolute Gasteiger partial charge is 0.333 e. The summed E-state index contributed by atoms with van der Waals surface area (Å²) in [6.07, 6.45) is 7.72. The zero-order chi connectivity index (χ0) is 16.1. The molecule has 4 nitrogen and oxygen atoms in total. The van der Waals surface area contributed by atoms with Crippen molar-refractivity contribution < 1.29 is 0 Å². The number of thiocarbonyl (C=S) groups is 1. The topological polar surface area (TPSA) is 34.0 Å². The third-order valence-corrected chi connectivity index (χ3v) is 4.95. The standard InChI is InChI=1S/C16H22N4S2/c1-5-19(16(21)12(2)11-22-4)15-10-20(18-13(15)3)14-7-6-8-17-9-14/h6-10,12H,5,11H2,1-4H3. The molecular weight excluding hydrogens is 312 g/mol. The third kappa shape index (κ3) is 3.67. The Kier molecular flexibility index (Phi) is 5.97. The molecule has 0 aliphatic rings. The molecule has 2 aromatic heterocycles. The average Bonchev–Trinajstić information content (AvgIpc) is 2.91. The summed E-state index contributed by atoms with van der Waals surface area (Å²) in [7, 11) is 0. The normalized spacial score (nSPS) is 12.2. The van der Waals surface area contributed by atoms with Gasteiger partial charge in [-0.3, -0.25) is 4.98 Å². The molecule has 118 valence electrons. The van der Waals surface area contributed by atoms with E-state index in [1.54, 1.807) is 12.4 Å². The van der Waals surface area contributed by atoms with Crippen molar-refractivity contribution in [3.63, 3.8) is 0 Å². The Bertz CT molecular complexity index is 624. The van der Waals surface area contributed by atoms with E-state index in [0.29, 0.717) is 5.92 Å². The summed E-state index contributed by atoms with van der Waals surface area (Å²) in [5, 5.41) is 4.61. The lowest BCUT2D eigenvalue weighted by Gasteiger charge is -2.26. The van der Waals surface area contributed by atoms with E-state index in [1.807, 2.05) is 41.7 Å². The molecule has 0 aromatic carbocycles. The van der Waals surface area contributed by atoms with Crippen molar-refractivity contribution in [2.75, 3.05) is 23.5 Å². The Hall–Kier alpha value is -1.40. The van der Waals surface area contributed by atoms with Crippen LogP contribution < -0.4 is 4.90 Å². The first-order chi connectivity index (χ1) is 10.6. The number of hydrogen-bond acceptors (Lipinski definition) is 4. The lowest BCUT2D eigenvalue weighted by molar-refractivity contribution is 0.857. The predicted octanol–water partition coefficient (Wildman–Crippen LogP) is 3.73. The second-order valence-electron chi connectivity index (χ2n) is 5.19. The van der Waals surface area contributed by atoms with Crippen LogP contribution in [0, 0.1) is 12.8 Å². The van der Waals surface area contributed by atoms with Crippen molar-refractivity contribution in [1.29, 1.82) is 0 Å². The lowest BCUT2D eigenvalue weighted by atomic mass is 10.2. The highest BCUT2D eigenvalue weighted by molar-refractivity contribution is 7.98. The first-order valence-electron chi connectivity index (χ1n) is 7.35. The Morgan fingerprint density at radius 3 is 2.86 bits per heavy atom. The van der Waals surface area contributed by atoms with E-state index in [9.17, 15) is 0 Å². The van der Waals surface area contributed by atoms with Gasteiger partial charge in [0.25, 0.3) is 0 Å². The molecule has 0 saturated carbocycles. The van der Waals surface area contributed by atoms with Crippen LogP contribution in [0.3, 0.4) is 0 Å². The molecule has 0 bridgehead atoms. The van der Waals surface area contributed by atoms with E-state index in [4.69, 9.17) is 12.2 Å². The molecule has 2 heterocycles. The van der Waals surface area contributed by atoms with Gasteiger partial charge in [0.2, 0.25) is 0 Å². The van der Waals surface area contributed by atoms with Gasteiger partial charge in [0.15, 0.2) is 0 Å². The van der Waals surface area contributed by atoms with Gasteiger partial charge in [-0.2, -0.15) is 16.9 Å². The van der Waals surface area contributed by atoms with Crippen molar-refractivity contribution in [3.8, 4) is 5.69 Å². The van der Waals surface area contributed by atoms with Gasteiger partial charge in [-0.05, 0) is 32.2 Å². The zero-order valence-corrected chi connectivity index (χ0v) is 15.1. The quantitative estimate of drug-likeness (QED) is 0.752. The Labute approximate surface area is 141 Å². The van der Waals surface area contributed by atoms with Gasteiger partial charge in [0.1, 0.15) is 0 Å². The van der Waals surface area contributed by atoms with Crippen LogP contribution in [0.15, 0.2) is 30.7 Å². The second kappa shape index (κ2) is 7.74. The Morgan fingerprint density at radius 2 is 2.27 bits per heavy atom. The molecule has 6 heteroatoms. The molecule has 0 amide bonds. The molecule has 22 heavy (non-hydrogen) atoms. The van der Waals surface area contributed by atoms with Gasteiger partial charge in [-0.1, -0.05) is 19.1 Å². The van der Waals surface area contributed by atoms with E-state index < -0.39 is 0 Å². The molecule has 2 rings (SSSR count). The number of aromatic nitrogens is 3. The minimum absolute atomic E-state index is 0.367. The van der Waals surface area contributed by atoms with Crippen molar-refractivity contribution in [1.82, 2.24) is 14.8 Å². The monoisotopic (exact) mass is 334 g/mol. The zero-order valence-electron chi connectivity index (χ0n) is 13.5. The van der Waals surface area contributed by atoms with Crippen LogP contribution in [0.1, 0.15) is 19.5 Å². The number of pyridine rings is 1. The molecule has 0 fully saturated rings. The van der Waals surface area contributed by atoms with Gasteiger partial charge in [0, 0.05) is 24.4 Å². The molecule has 0 aliphatic heterocycles. The molecule has 2 aromatic rings. The minimum atomic E-state index is 0.367. The number of rotatable bonds is 6. The summed E-state index contributed by atoms with van der Waals surface area (Å²) >= 11 is 7.52. The van der Waals surface area contributed by atoms with E-state index >= 15 is 0 Å². The highest BCUT2D eigenvalue weighted by atomic mass is 32.2. The summed E-state index contributed by atoms with van der Waals surface area (Å²) in [5.41, 5.74) is 3.00. The van der Waals surface area contributed by atoms with Gasteiger partial charge in [-0.15, -0.1) is 0 Å². The molecule has 0 spiro atoms. The fourth-order valence-electron chi connectivity index (χ4n) is 2.37. The summed E-state index contributed by atoms with van der Waals surface area (Å²) in [4.78, 5) is 7.31. The van der Waals surface area contributed by atoms with Crippen LogP contribution in [0.2, 0.25) is 0 Å². The van der Waals surface area contributed by atoms with Crippen LogP contribution >= 0.6 is 24.0 Å². The molecule has 0 saturated heterocycles. The van der Waals surface area contributed by atoms with Crippen molar-refractivity contribution in [3.05, 3.63) is 36.4 Å². The molecule has 1 unspecified atom stereocenters. The minimum Gasteiger partial charge on any atom is -0.333 e. The van der Waals surface area contributed by atoms with Gasteiger partial charge in [-0.25, -0.2) is 4.68 Å². The number of aryl methyl sites for hydroxylation is 1. The molecule has 1 atom stereocenters. The van der Waals surface area contributed by atoms with Crippen LogP contribution in [0.5, 0.6) is 0 Å². The maximum Gasteiger partial charge on any atom is 0.0861 e. The summed E-state index contributed by atoms with van der Waals surface area (Å²) in [5.74, 6) is 1.40. The number of anilines is 1. The highest BCUT2D eigenvalue weighted by Crippen LogP contribution is 2.24. The van der Waals surface area contributed by atoms with E-state index in [-0.39, 0.29) is 0 Å². The predicted molar refractivity (Wildman–Crippen MR) is 99.3 cm³/mol. The highest BCUT2D eigenvalue weighted by Gasteiger charge is 2.20. The first-order valence-corrected chi connectivity index (χ1v) is 9.15. The SMILES string of the molecule is CCN(C(=S)C(C)CSC)c1cn(-c2cccnc2)nc1C. The van der Waals surface area contributed by atoms with Crippen LogP contribution in [-0.2, 0) is 0 Å². The fourth-order valence-corrected chi connectivity index (χ4v) is 3.44. The smallest absolute Gasteiger partial charge is 0.0861 e. The molecule has 0 aliphatic carbocycles. The third-order valence-electron chi connectivity index (χ3n) is 3.49. The van der Waals surface area contributed by atoms with Crippen molar-refractivity contribution in [2.24, 2.45) is 5.92 Å². The number of thioether (sulfide) groups is 1. The molecule has 0 radical (unpaired) electrons. The van der Waals surface area contributed by atoms with Crippen LogP contribution in [0.4, 0.5) is 5.69 Å². The molecular formula is C16H22N4S2. The maximum atomic E-state index is 5.69. The Balaban J connectivity index is 2.31. The van der Waals surface area contributed by atoms with Crippen LogP contribution in [0.25, 0.3) is 5.69 Å². The van der Waals surface area contributed by atoms with Gasteiger partial charge in [0.05, 0.1) is 34.5 Å². The van der Waals surface area contributed by atoms with Gasteiger partial charge >= 0.3 is 0 Å².